The maximum Gasteiger partial charge on any atom is 0.328 e. The van der Waals surface area contributed by atoms with E-state index >= 15 is 0 Å². The summed E-state index contributed by atoms with van der Waals surface area (Å²) in [6, 6.07) is 39.4. The van der Waals surface area contributed by atoms with Crippen molar-refractivity contribution in [2.45, 2.75) is 24.6 Å². The SMILES string of the molecule is COC(=O)CC1=C(c2ccco2)CN(C2(c3ccccc3)c3ccccc3-c3ccccc32)[C@@H]1C(=O)OCc1ccccc1. The molecular formula is C38H31NO5. The molecule has 0 N–H and O–H groups in total. The minimum Gasteiger partial charge on any atom is -0.469 e. The zero-order valence-electron chi connectivity index (χ0n) is 24.3. The van der Waals surface area contributed by atoms with E-state index in [1.165, 1.54) is 7.11 Å². The Hall–Kier alpha value is -5.20. The number of esters is 2. The Bertz CT molecular complexity index is 1800. The second-order valence-electron chi connectivity index (χ2n) is 11.0. The van der Waals surface area contributed by atoms with Crippen molar-refractivity contribution >= 4 is 17.5 Å². The number of carbonyl (C=O) groups excluding carboxylic acids is 2. The van der Waals surface area contributed by atoms with E-state index in [2.05, 4.69) is 41.3 Å². The van der Waals surface area contributed by atoms with Crippen LogP contribution in [0.3, 0.4) is 0 Å². The quantitative estimate of drug-likeness (QED) is 0.184. The number of fused-ring (bicyclic) bond motifs is 3. The van der Waals surface area contributed by atoms with Crippen LogP contribution in [0, 0.1) is 0 Å². The number of furan rings is 1. The average molecular weight is 582 g/mol. The predicted molar refractivity (Wildman–Crippen MR) is 167 cm³/mol. The lowest BCUT2D eigenvalue weighted by Crippen LogP contribution is -2.53. The molecule has 218 valence electrons. The topological polar surface area (TPSA) is 69.0 Å². The summed E-state index contributed by atoms with van der Waals surface area (Å²) in [7, 11) is 1.36. The smallest absolute Gasteiger partial charge is 0.328 e. The molecule has 5 aromatic rings. The first-order valence-corrected chi connectivity index (χ1v) is 14.7. The van der Waals surface area contributed by atoms with Gasteiger partial charge in [0.2, 0.25) is 0 Å². The summed E-state index contributed by atoms with van der Waals surface area (Å²) in [6.45, 7) is 0.444. The van der Waals surface area contributed by atoms with E-state index in [0.717, 1.165) is 39.0 Å². The summed E-state index contributed by atoms with van der Waals surface area (Å²) in [6.07, 6.45) is 1.53. The van der Waals surface area contributed by atoms with Gasteiger partial charge in [-0.25, -0.2) is 4.79 Å². The van der Waals surface area contributed by atoms with Gasteiger partial charge in [0.1, 0.15) is 18.4 Å². The fourth-order valence-corrected chi connectivity index (χ4v) is 6.90. The molecule has 1 atom stereocenters. The number of ether oxygens (including phenoxy) is 2. The molecule has 4 aromatic carbocycles. The second kappa shape index (κ2) is 11.5. The van der Waals surface area contributed by atoms with Crippen molar-refractivity contribution in [2.24, 2.45) is 0 Å². The highest BCUT2D eigenvalue weighted by Gasteiger charge is 2.56. The maximum absolute atomic E-state index is 14.5. The molecule has 7 rings (SSSR count). The predicted octanol–water partition coefficient (Wildman–Crippen LogP) is 7.00. The minimum absolute atomic E-state index is 0.0811. The molecule has 6 heteroatoms. The third-order valence-electron chi connectivity index (χ3n) is 8.73. The molecule has 0 spiro atoms. The molecule has 0 amide bonds. The lowest BCUT2D eigenvalue weighted by Gasteiger charge is -2.44. The van der Waals surface area contributed by atoms with Crippen LogP contribution < -0.4 is 0 Å². The molecule has 0 saturated carbocycles. The number of benzene rings is 4. The van der Waals surface area contributed by atoms with Crippen LogP contribution in [0.2, 0.25) is 0 Å². The molecule has 0 radical (unpaired) electrons. The Morgan fingerprint density at radius 2 is 1.41 bits per heavy atom. The number of hydrogen-bond donors (Lipinski definition) is 0. The second-order valence-corrected chi connectivity index (χ2v) is 11.0. The molecule has 44 heavy (non-hydrogen) atoms. The van der Waals surface area contributed by atoms with Crippen LogP contribution in [0.4, 0.5) is 0 Å². The number of hydrogen-bond acceptors (Lipinski definition) is 6. The lowest BCUT2D eigenvalue weighted by atomic mass is 9.78. The van der Waals surface area contributed by atoms with Gasteiger partial charge >= 0.3 is 11.9 Å². The van der Waals surface area contributed by atoms with Crippen molar-refractivity contribution in [3.63, 3.8) is 0 Å². The van der Waals surface area contributed by atoms with Crippen LogP contribution in [0.5, 0.6) is 0 Å². The Morgan fingerprint density at radius 3 is 2.02 bits per heavy atom. The van der Waals surface area contributed by atoms with Gasteiger partial charge in [-0.05, 0) is 51.1 Å². The van der Waals surface area contributed by atoms with Gasteiger partial charge in [-0.15, -0.1) is 0 Å². The van der Waals surface area contributed by atoms with E-state index in [0.29, 0.717) is 17.9 Å². The fourth-order valence-electron chi connectivity index (χ4n) is 6.90. The number of methoxy groups -OCH3 is 1. The Labute approximate surface area is 256 Å². The summed E-state index contributed by atoms with van der Waals surface area (Å²) in [4.78, 5) is 29.6. The molecule has 1 aliphatic heterocycles. The highest BCUT2D eigenvalue weighted by Crippen LogP contribution is 2.57. The fraction of sp³-hybridized carbons (Fsp3) is 0.158. The van der Waals surface area contributed by atoms with Crippen molar-refractivity contribution in [3.8, 4) is 11.1 Å². The molecule has 0 fully saturated rings. The van der Waals surface area contributed by atoms with Crippen molar-refractivity contribution in [1.29, 1.82) is 0 Å². The van der Waals surface area contributed by atoms with Crippen molar-refractivity contribution in [2.75, 3.05) is 13.7 Å². The maximum atomic E-state index is 14.5. The van der Waals surface area contributed by atoms with E-state index in [9.17, 15) is 9.59 Å². The molecule has 1 aliphatic carbocycles. The van der Waals surface area contributed by atoms with E-state index in [4.69, 9.17) is 13.9 Å². The minimum atomic E-state index is -0.905. The van der Waals surface area contributed by atoms with E-state index < -0.39 is 23.5 Å². The van der Waals surface area contributed by atoms with E-state index in [-0.39, 0.29) is 13.0 Å². The molecule has 2 aliphatic rings. The highest BCUT2D eigenvalue weighted by molar-refractivity contribution is 5.92. The van der Waals surface area contributed by atoms with Gasteiger partial charge in [0.25, 0.3) is 0 Å². The molecule has 2 heterocycles. The van der Waals surface area contributed by atoms with E-state index in [1.54, 1.807) is 6.26 Å². The standard InChI is InChI=1S/C38H31NO5/c1-42-35(40)23-30-31(34-21-12-22-43-34)24-39(36(30)37(41)44-25-26-13-4-2-5-14-26)38(27-15-6-3-7-16-27)32-19-10-8-17-28(32)29-18-9-11-20-33(29)38/h2-22,36H,23-25H2,1H3/t36-/m0/s1. The largest absolute Gasteiger partial charge is 0.469 e. The zero-order valence-corrected chi connectivity index (χ0v) is 24.3. The third-order valence-corrected chi connectivity index (χ3v) is 8.73. The summed E-state index contributed by atoms with van der Waals surface area (Å²) in [5.41, 5.74) is 6.73. The molecule has 6 nitrogen and oxygen atoms in total. The number of rotatable bonds is 8. The summed E-state index contributed by atoms with van der Waals surface area (Å²) in [5, 5.41) is 0. The van der Waals surface area contributed by atoms with Crippen LogP contribution >= 0.6 is 0 Å². The van der Waals surface area contributed by atoms with Crippen LogP contribution in [-0.2, 0) is 31.2 Å². The number of carbonyl (C=O) groups is 2. The first-order chi connectivity index (χ1) is 21.6. The first-order valence-electron chi connectivity index (χ1n) is 14.7. The normalized spacial score (nSPS) is 16.8. The number of nitrogens with zero attached hydrogens (tertiary/aromatic N) is 1. The molecule has 0 unspecified atom stereocenters. The molecule has 0 saturated heterocycles. The summed E-state index contributed by atoms with van der Waals surface area (Å²) < 4.78 is 17.1. The third kappa shape index (κ3) is 4.46. The van der Waals surface area contributed by atoms with Crippen molar-refractivity contribution in [3.05, 3.63) is 161 Å². The molecular weight excluding hydrogens is 550 g/mol. The van der Waals surface area contributed by atoms with Gasteiger partial charge in [0.05, 0.1) is 25.3 Å². The van der Waals surface area contributed by atoms with Crippen LogP contribution in [0.25, 0.3) is 16.7 Å². The average Bonchev–Trinajstić information content (AvgIpc) is 3.81. The van der Waals surface area contributed by atoms with Gasteiger partial charge < -0.3 is 13.9 Å². The van der Waals surface area contributed by atoms with Gasteiger partial charge in [0, 0.05) is 12.1 Å². The van der Waals surface area contributed by atoms with Crippen LogP contribution in [0.15, 0.2) is 138 Å². The van der Waals surface area contributed by atoms with Crippen LogP contribution in [-0.4, -0.2) is 36.5 Å². The van der Waals surface area contributed by atoms with Gasteiger partial charge in [-0.2, -0.15) is 0 Å². The summed E-state index contributed by atoms with van der Waals surface area (Å²) in [5.74, 6) is -0.269. The van der Waals surface area contributed by atoms with Gasteiger partial charge in [-0.1, -0.05) is 109 Å². The summed E-state index contributed by atoms with van der Waals surface area (Å²) >= 11 is 0. The van der Waals surface area contributed by atoms with Gasteiger partial charge in [0.15, 0.2) is 0 Å². The van der Waals surface area contributed by atoms with Crippen molar-refractivity contribution in [1.82, 2.24) is 4.90 Å². The Balaban J connectivity index is 1.47. The van der Waals surface area contributed by atoms with Crippen LogP contribution in [0.1, 0.15) is 34.4 Å². The monoisotopic (exact) mass is 581 g/mol. The van der Waals surface area contributed by atoms with Gasteiger partial charge in [-0.3, -0.25) is 9.69 Å². The Morgan fingerprint density at radius 1 is 0.795 bits per heavy atom. The van der Waals surface area contributed by atoms with E-state index in [1.807, 2.05) is 84.9 Å². The molecule has 0 bridgehead atoms. The zero-order chi connectivity index (χ0) is 30.1. The van der Waals surface area contributed by atoms with Crippen molar-refractivity contribution < 1.29 is 23.5 Å². The Kier molecular flexibility index (Phi) is 7.20. The molecule has 1 aromatic heterocycles. The first kappa shape index (κ1) is 27.6. The lowest BCUT2D eigenvalue weighted by molar-refractivity contribution is -0.151. The highest BCUT2D eigenvalue weighted by atomic mass is 16.5.